The summed E-state index contributed by atoms with van der Waals surface area (Å²) in [5, 5.41) is 3.07. The molecule has 0 aliphatic carbocycles. The van der Waals surface area contributed by atoms with Gasteiger partial charge in [-0.2, -0.15) is 0 Å². The topological polar surface area (TPSA) is 85.4 Å². The smallest absolute Gasteiger partial charge is 0.261 e. The Balaban J connectivity index is 2.49. The molecule has 2 aromatic heterocycles. The molecule has 0 N–H and O–H groups in total. The van der Waals surface area contributed by atoms with E-state index in [1.165, 1.54) is 24.6 Å². The molecule has 1 unspecified atom stereocenters. The van der Waals surface area contributed by atoms with E-state index in [9.17, 15) is 9.12 Å². The number of halogens is 1. The van der Waals surface area contributed by atoms with Crippen molar-refractivity contribution in [2.24, 2.45) is 5.18 Å². The number of hydrogen-bond acceptors (Lipinski definition) is 6. The van der Waals surface area contributed by atoms with Crippen molar-refractivity contribution in [1.29, 1.82) is 0 Å². The third-order valence-corrected chi connectivity index (χ3v) is 3.13. The first-order valence-electron chi connectivity index (χ1n) is 4.41. The maximum absolute atomic E-state index is 11.3. The quantitative estimate of drug-likeness (QED) is 0.632. The highest BCUT2D eigenvalue weighted by Crippen LogP contribution is 2.25. The molecule has 0 bridgehead atoms. The Bertz CT molecular complexity index is 599. The van der Waals surface area contributed by atoms with E-state index in [0.29, 0.717) is 0 Å². The zero-order valence-electron chi connectivity index (χ0n) is 8.58. The van der Waals surface area contributed by atoms with E-state index >= 15 is 0 Å². The van der Waals surface area contributed by atoms with Gasteiger partial charge in [-0.05, 0) is 6.07 Å². The molecule has 2 rings (SSSR count). The molecule has 8 heteroatoms. The number of rotatable bonds is 3. The van der Waals surface area contributed by atoms with Gasteiger partial charge >= 0.3 is 0 Å². The highest BCUT2D eigenvalue weighted by molar-refractivity contribution is 7.84. The minimum Gasteiger partial charge on any atom is -0.432 e. The number of aromatic nitrogens is 2. The first-order chi connectivity index (χ1) is 8.11. The number of nitrogens with zero attached hydrogens (tertiary/aromatic N) is 3. The van der Waals surface area contributed by atoms with Gasteiger partial charge in [0.2, 0.25) is 0 Å². The molecule has 0 spiro atoms. The van der Waals surface area contributed by atoms with Crippen molar-refractivity contribution in [3.8, 4) is 11.6 Å². The minimum absolute atomic E-state index is 0.0716. The Morgan fingerprint density at radius 1 is 1.47 bits per heavy atom. The van der Waals surface area contributed by atoms with Gasteiger partial charge in [0.25, 0.3) is 5.88 Å². The average Bonchev–Trinajstić information content (AvgIpc) is 2.78. The standard InChI is InChI=1S/C9H6ClN3O3S/c1-17(15)9-5(10)4-11-8(12-9)6-2-3-7(13-14)16-6/h2-4H,1H3. The van der Waals surface area contributed by atoms with E-state index in [1.807, 2.05) is 0 Å². The fraction of sp³-hybridized carbons (Fsp3) is 0.111. The predicted molar refractivity (Wildman–Crippen MR) is 62.5 cm³/mol. The first kappa shape index (κ1) is 11.9. The Morgan fingerprint density at radius 3 is 2.82 bits per heavy atom. The molecule has 0 aliphatic heterocycles. The van der Waals surface area contributed by atoms with E-state index in [-0.39, 0.29) is 27.5 Å². The summed E-state index contributed by atoms with van der Waals surface area (Å²) in [6.07, 6.45) is 2.79. The van der Waals surface area contributed by atoms with E-state index in [0.717, 1.165) is 0 Å². The number of furan rings is 1. The van der Waals surface area contributed by atoms with Crippen LogP contribution in [0.25, 0.3) is 11.6 Å². The van der Waals surface area contributed by atoms with Crippen molar-refractivity contribution >= 4 is 28.3 Å². The molecule has 0 amide bonds. The predicted octanol–water partition coefficient (Wildman–Crippen LogP) is 2.53. The lowest BCUT2D eigenvalue weighted by atomic mass is 10.4. The van der Waals surface area contributed by atoms with Gasteiger partial charge in [-0.1, -0.05) is 11.6 Å². The second-order valence-electron chi connectivity index (χ2n) is 3.03. The van der Waals surface area contributed by atoms with Crippen molar-refractivity contribution in [3.63, 3.8) is 0 Å². The van der Waals surface area contributed by atoms with Gasteiger partial charge in [0, 0.05) is 17.5 Å². The molecular weight excluding hydrogens is 266 g/mol. The number of nitroso groups, excluding NO2 is 1. The van der Waals surface area contributed by atoms with Crippen LogP contribution in [0, 0.1) is 4.91 Å². The normalized spacial score (nSPS) is 12.4. The van der Waals surface area contributed by atoms with E-state index in [4.69, 9.17) is 16.0 Å². The molecule has 17 heavy (non-hydrogen) atoms. The van der Waals surface area contributed by atoms with Crippen LogP contribution >= 0.6 is 11.6 Å². The lowest BCUT2D eigenvalue weighted by Gasteiger charge is -2.00. The summed E-state index contributed by atoms with van der Waals surface area (Å²) >= 11 is 5.79. The van der Waals surface area contributed by atoms with Gasteiger partial charge in [-0.25, -0.2) is 9.97 Å². The molecule has 6 nitrogen and oxygen atoms in total. The summed E-state index contributed by atoms with van der Waals surface area (Å²) in [5.41, 5.74) is 0. The van der Waals surface area contributed by atoms with E-state index < -0.39 is 10.8 Å². The third-order valence-electron chi connectivity index (χ3n) is 1.89. The minimum atomic E-state index is -1.33. The Kier molecular flexibility index (Phi) is 3.30. The summed E-state index contributed by atoms with van der Waals surface area (Å²) in [6, 6.07) is 2.89. The molecule has 0 fully saturated rings. The fourth-order valence-corrected chi connectivity index (χ4v) is 2.13. The molecule has 1 atom stereocenters. The molecule has 0 saturated heterocycles. The van der Waals surface area contributed by atoms with Gasteiger partial charge in [-0.15, -0.1) is 4.91 Å². The fourth-order valence-electron chi connectivity index (χ4n) is 1.17. The highest BCUT2D eigenvalue weighted by atomic mass is 35.5. The SMILES string of the molecule is CS(=O)c1nc(-c2ccc(N=O)o2)ncc1Cl. The Morgan fingerprint density at radius 2 is 2.24 bits per heavy atom. The third kappa shape index (κ3) is 2.40. The molecule has 2 aromatic rings. The van der Waals surface area contributed by atoms with Crippen molar-refractivity contribution in [1.82, 2.24) is 9.97 Å². The van der Waals surface area contributed by atoms with Crippen LogP contribution in [0.1, 0.15) is 0 Å². The highest BCUT2D eigenvalue weighted by Gasteiger charge is 2.13. The van der Waals surface area contributed by atoms with Crippen LogP contribution in [0.4, 0.5) is 5.88 Å². The van der Waals surface area contributed by atoms with Crippen molar-refractivity contribution < 1.29 is 8.63 Å². The number of hydrogen-bond donors (Lipinski definition) is 0. The Labute approximate surface area is 103 Å². The molecule has 0 radical (unpaired) electrons. The largest absolute Gasteiger partial charge is 0.432 e. The Hall–Kier alpha value is -1.60. The summed E-state index contributed by atoms with van der Waals surface area (Å²) in [6.45, 7) is 0. The second kappa shape index (κ2) is 4.72. The van der Waals surface area contributed by atoms with Gasteiger partial charge in [-0.3, -0.25) is 4.21 Å². The van der Waals surface area contributed by atoms with Gasteiger partial charge in [0.1, 0.15) is 5.03 Å². The van der Waals surface area contributed by atoms with Crippen molar-refractivity contribution in [3.05, 3.63) is 28.3 Å². The monoisotopic (exact) mass is 271 g/mol. The maximum Gasteiger partial charge on any atom is 0.261 e. The van der Waals surface area contributed by atoms with Gasteiger partial charge < -0.3 is 4.42 Å². The molecule has 2 heterocycles. The first-order valence-corrected chi connectivity index (χ1v) is 6.35. The van der Waals surface area contributed by atoms with E-state index in [2.05, 4.69) is 15.1 Å². The molecular formula is C9H6ClN3O3S. The zero-order valence-corrected chi connectivity index (χ0v) is 10.2. The molecule has 0 aromatic carbocycles. The molecule has 0 saturated carbocycles. The average molecular weight is 272 g/mol. The van der Waals surface area contributed by atoms with Crippen LogP contribution in [0.5, 0.6) is 0 Å². The molecule has 88 valence electrons. The van der Waals surface area contributed by atoms with Crippen LogP contribution in [0.15, 0.2) is 32.9 Å². The second-order valence-corrected chi connectivity index (χ2v) is 4.73. The van der Waals surface area contributed by atoms with E-state index in [1.54, 1.807) is 0 Å². The van der Waals surface area contributed by atoms with Crippen LogP contribution in [0.2, 0.25) is 5.02 Å². The summed E-state index contributed by atoms with van der Waals surface area (Å²) in [4.78, 5) is 18.2. The maximum atomic E-state index is 11.3. The van der Waals surface area contributed by atoms with Gasteiger partial charge in [0.05, 0.1) is 22.0 Å². The van der Waals surface area contributed by atoms with Crippen LogP contribution < -0.4 is 0 Å². The lowest BCUT2D eigenvalue weighted by Crippen LogP contribution is -1.97. The van der Waals surface area contributed by atoms with Crippen LogP contribution in [-0.4, -0.2) is 20.4 Å². The van der Waals surface area contributed by atoms with Crippen LogP contribution in [0.3, 0.4) is 0 Å². The van der Waals surface area contributed by atoms with Gasteiger partial charge in [0.15, 0.2) is 11.6 Å². The zero-order chi connectivity index (χ0) is 12.4. The van der Waals surface area contributed by atoms with Crippen molar-refractivity contribution in [2.45, 2.75) is 5.03 Å². The van der Waals surface area contributed by atoms with Crippen LogP contribution in [-0.2, 0) is 10.8 Å². The molecule has 0 aliphatic rings. The lowest BCUT2D eigenvalue weighted by molar-refractivity contribution is 0.585. The summed E-state index contributed by atoms with van der Waals surface area (Å²) in [7, 11) is -1.33. The van der Waals surface area contributed by atoms with Crippen molar-refractivity contribution in [2.75, 3.05) is 6.26 Å². The summed E-state index contributed by atoms with van der Waals surface area (Å²) in [5.74, 6) is 0.398. The summed E-state index contributed by atoms with van der Waals surface area (Å²) < 4.78 is 16.4.